The molecule has 1 rings (SSSR count). The average molecular weight is 250 g/mol. The number of hydrogen-bond acceptors (Lipinski definition) is 3. The Balaban J connectivity index is 2.59. The van der Waals surface area contributed by atoms with Crippen LogP contribution in [0.25, 0.3) is 0 Å². The van der Waals surface area contributed by atoms with Crippen LogP contribution in [0.3, 0.4) is 0 Å². The molecule has 1 amide bonds. The molecule has 0 aliphatic carbocycles. The summed E-state index contributed by atoms with van der Waals surface area (Å²) >= 11 is 0. The maximum atomic E-state index is 11.7. The lowest BCUT2D eigenvalue weighted by Gasteiger charge is -2.15. The second-order valence-corrected chi connectivity index (χ2v) is 4.67. The van der Waals surface area contributed by atoms with Crippen molar-refractivity contribution in [1.29, 1.82) is 0 Å². The second kappa shape index (κ2) is 6.14. The molecule has 1 atom stereocenters. The van der Waals surface area contributed by atoms with Crippen LogP contribution in [0.5, 0.6) is 0 Å². The van der Waals surface area contributed by atoms with Crippen LogP contribution in [-0.2, 0) is 0 Å². The van der Waals surface area contributed by atoms with Crippen molar-refractivity contribution < 1.29 is 14.7 Å². The van der Waals surface area contributed by atoms with Gasteiger partial charge in [-0.1, -0.05) is 20.8 Å². The number of nitrogens with one attached hydrogen (secondary N) is 1. The number of aromatic carboxylic acids is 1. The largest absolute Gasteiger partial charge is 0.478 e. The predicted molar refractivity (Wildman–Crippen MR) is 67.5 cm³/mol. The van der Waals surface area contributed by atoms with E-state index in [0.717, 1.165) is 0 Å². The zero-order chi connectivity index (χ0) is 13.7. The number of carboxylic acid groups (broad SMARTS) is 1. The zero-order valence-electron chi connectivity index (χ0n) is 10.8. The summed E-state index contributed by atoms with van der Waals surface area (Å²) in [7, 11) is 0. The highest BCUT2D eigenvalue weighted by Crippen LogP contribution is 2.08. The summed E-state index contributed by atoms with van der Waals surface area (Å²) in [5, 5.41) is 11.5. The Bertz CT molecular complexity index is 426. The third-order valence-electron chi connectivity index (χ3n) is 2.97. The minimum Gasteiger partial charge on any atom is -0.478 e. The van der Waals surface area contributed by atoms with E-state index >= 15 is 0 Å². The number of carboxylic acids is 1. The van der Waals surface area contributed by atoms with Gasteiger partial charge in [-0.2, -0.15) is 0 Å². The molecule has 0 radical (unpaired) electrons. The number of amides is 1. The van der Waals surface area contributed by atoms with Crippen LogP contribution in [0.15, 0.2) is 18.3 Å². The van der Waals surface area contributed by atoms with Gasteiger partial charge in [0.25, 0.3) is 5.91 Å². The molecule has 1 aromatic heterocycles. The summed E-state index contributed by atoms with van der Waals surface area (Å²) in [6.07, 6.45) is 1.18. The van der Waals surface area contributed by atoms with E-state index in [1.54, 1.807) is 0 Å². The molecule has 0 saturated heterocycles. The van der Waals surface area contributed by atoms with E-state index < -0.39 is 5.97 Å². The van der Waals surface area contributed by atoms with E-state index in [9.17, 15) is 9.59 Å². The van der Waals surface area contributed by atoms with Crippen LogP contribution >= 0.6 is 0 Å². The number of nitrogens with zero attached hydrogens (tertiary/aromatic N) is 1. The maximum absolute atomic E-state index is 11.7. The van der Waals surface area contributed by atoms with E-state index in [-0.39, 0.29) is 17.2 Å². The molecular formula is C13H18N2O3. The fourth-order valence-corrected chi connectivity index (χ4v) is 1.23. The van der Waals surface area contributed by atoms with Crippen LogP contribution in [-0.4, -0.2) is 28.5 Å². The minimum atomic E-state index is -1.05. The molecule has 0 aliphatic rings. The zero-order valence-corrected chi connectivity index (χ0v) is 10.8. The van der Waals surface area contributed by atoms with Crippen molar-refractivity contribution >= 4 is 11.9 Å². The summed E-state index contributed by atoms with van der Waals surface area (Å²) in [6.45, 7) is 6.83. The first-order valence-corrected chi connectivity index (χ1v) is 5.89. The van der Waals surface area contributed by atoms with E-state index in [1.165, 1.54) is 18.3 Å². The Morgan fingerprint density at radius 1 is 1.33 bits per heavy atom. The number of pyridine rings is 1. The van der Waals surface area contributed by atoms with Crippen LogP contribution in [0.1, 0.15) is 41.6 Å². The summed E-state index contributed by atoms with van der Waals surface area (Å²) < 4.78 is 0. The Morgan fingerprint density at radius 3 is 2.44 bits per heavy atom. The van der Waals surface area contributed by atoms with Gasteiger partial charge in [0, 0.05) is 12.7 Å². The Morgan fingerprint density at radius 2 is 2.00 bits per heavy atom. The van der Waals surface area contributed by atoms with Crippen LogP contribution in [0.2, 0.25) is 0 Å². The summed E-state index contributed by atoms with van der Waals surface area (Å²) in [6, 6.07) is 2.79. The minimum absolute atomic E-state index is 0.0714. The van der Waals surface area contributed by atoms with E-state index in [1.807, 2.05) is 0 Å². The molecule has 0 bridgehead atoms. The third kappa shape index (κ3) is 3.84. The highest BCUT2D eigenvalue weighted by atomic mass is 16.4. The Kier molecular flexibility index (Phi) is 4.83. The molecule has 1 unspecified atom stereocenters. The molecule has 5 heteroatoms. The van der Waals surface area contributed by atoms with Crippen molar-refractivity contribution in [2.75, 3.05) is 6.54 Å². The van der Waals surface area contributed by atoms with Crippen molar-refractivity contribution in [3.8, 4) is 0 Å². The topological polar surface area (TPSA) is 79.3 Å². The molecule has 5 nitrogen and oxygen atoms in total. The van der Waals surface area contributed by atoms with Gasteiger partial charge in [0.05, 0.1) is 5.56 Å². The first-order chi connectivity index (χ1) is 8.41. The standard InChI is InChI=1S/C13H18N2O3/c1-8(2)9(3)6-15-12(16)11-5-4-10(7-14-11)13(17)18/h4-5,7-9H,6H2,1-3H3,(H,15,16)(H,17,18). The second-order valence-electron chi connectivity index (χ2n) is 4.67. The number of carbonyl (C=O) groups is 2. The molecule has 98 valence electrons. The lowest BCUT2D eigenvalue weighted by molar-refractivity contribution is 0.0695. The van der Waals surface area contributed by atoms with E-state index in [4.69, 9.17) is 5.11 Å². The molecule has 0 aliphatic heterocycles. The number of rotatable bonds is 5. The van der Waals surface area contributed by atoms with Crippen molar-refractivity contribution in [2.45, 2.75) is 20.8 Å². The molecular weight excluding hydrogens is 232 g/mol. The normalized spacial score (nSPS) is 12.2. The van der Waals surface area contributed by atoms with Gasteiger partial charge in [0.15, 0.2) is 0 Å². The van der Waals surface area contributed by atoms with Gasteiger partial charge >= 0.3 is 5.97 Å². The van der Waals surface area contributed by atoms with Crippen molar-refractivity contribution in [3.63, 3.8) is 0 Å². The first-order valence-electron chi connectivity index (χ1n) is 5.89. The van der Waals surface area contributed by atoms with Gasteiger partial charge in [-0.25, -0.2) is 4.79 Å². The monoisotopic (exact) mass is 250 g/mol. The van der Waals surface area contributed by atoms with Gasteiger partial charge in [-0.3, -0.25) is 9.78 Å². The molecule has 0 fully saturated rings. The van der Waals surface area contributed by atoms with E-state index in [0.29, 0.717) is 18.4 Å². The number of hydrogen-bond donors (Lipinski definition) is 2. The van der Waals surface area contributed by atoms with Crippen molar-refractivity contribution in [1.82, 2.24) is 10.3 Å². The van der Waals surface area contributed by atoms with Gasteiger partial charge in [-0.15, -0.1) is 0 Å². The van der Waals surface area contributed by atoms with Crippen molar-refractivity contribution in [2.24, 2.45) is 11.8 Å². The van der Waals surface area contributed by atoms with Gasteiger partial charge in [0.2, 0.25) is 0 Å². The predicted octanol–water partition coefficient (Wildman–Crippen LogP) is 1.80. The molecule has 1 aromatic rings. The SMILES string of the molecule is CC(C)C(C)CNC(=O)c1ccc(C(=O)O)cn1. The molecule has 0 spiro atoms. The molecule has 1 heterocycles. The van der Waals surface area contributed by atoms with Crippen molar-refractivity contribution in [3.05, 3.63) is 29.6 Å². The fourth-order valence-electron chi connectivity index (χ4n) is 1.23. The molecule has 2 N–H and O–H groups in total. The summed E-state index contributed by atoms with van der Waals surface area (Å²) in [5.41, 5.74) is 0.304. The van der Waals surface area contributed by atoms with E-state index in [2.05, 4.69) is 31.1 Å². The lowest BCUT2D eigenvalue weighted by Crippen LogP contribution is -2.30. The quantitative estimate of drug-likeness (QED) is 0.835. The van der Waals surface area contributed by atoms with Crippen LogP contribution in [0.4, 0.5) is 0 Å². The number of aromatic nitrogens is 1. The molecule has 0 saturated carbocycles. The highest BCUT2D eigenvalue weighted by Gasteiger charge is 2.12. The van der Waals surface area contributed by atoms with Gasteiger partial charge in [-0.05, 0) is 24.0 Å². The van der Waals surface area contributed by atoms with Crippen LogP contribution < -0.4 is 5.32 Å². The fraction of sp³-hybridized carbons (Fsp3) is 0.462. The Hall–Kier alpha value is -1.91. The average Bonchev–Trinajstić information content (AvgIpc) is 2.35. The third-order valence-corrected chi connectivity index (χ3v) is 2.97. The molecule has 0 aromatic carbocycles. The summed E-state index contributed by atoms with van der Waals surface area (Å²) in [5.74, 6) is -0.456. The maximum Gasteiger partial charge on any atom is 0.337 e. The Labute approximate surface area is 106 Å². The smallest absolute Gasteiger partial charge is 0.337 e. The first kappa shape index (κ1) is 14.2. The van der Waals surface area contributed by atoms with Crippen LogP contribution in [0, 0.1) is 11.8 Å². The van der Waals surface area contributed by atoms with Gasteiger partial charge < -0.3 is 10.4 Å². The lowest BCUT2D eigenvalue weighted by atomic mass is 9.98. The highest BCUT2D eigenvalue weighted by molar-refractivity contribution is 5.93. The number of carbonyl (C=O) groups excluding carboxylic acids is 1. The molecule has 18 heavy (non-hydrogen) atoms. The summed E-state index contributed by atoms with van der Waals surface area (Å²) in [4.78, 5) is 26.2. The van der Waals surface area contributed by atoms with Gasteiger partial charge in [0.1, 0.15) is 5.69 Å².